The molecule has 6 rings (SSSR count). The number of carbonyl (C=O) groups excluding carboxylic acids is 1. The summed E-state index contributed by atoms with van der Waals surface area (Å²) in [6.07, 6.45) is 6.47. The van der Waals surface area contributed by atoms with Crippen molar-refractivity contribution in [3.63, 3.8) is 0 Å². The van der Waals surface area contributed by atoms with Crippen LogP contribution in [0, 0.1) is 42.4 Å². The van der Waals surface area contributed by atoms with E-state index >= 15 is 0 Å². The van der Waals surface area contributed by atoms with Crippen molar-refractivity contribution in [2.24, 2.45) is 10.9 Å². The predicted octanol–water partition coefficient (Wildman–Crippen LogP) is 5.88. The highest BCUT2D eigenvalue weighted by Crippen LogP contribution is 2.32. The standard InChI is InChI=1S/C50H56N10O6/c1-33-43(31-63-47-13-11-41(27-53-15-17-57-35(3)61)49(59-47)65-29-39-19-37(21-51)23-55-25-39)7-5-9-45(33)46-10-6-8-44(34(46)2)32-64-48-14-12-42(28-54-16-18-58-36(4)62)50(60-48)66-30-40-20-38(22-52)24-56-26-40/h5-14,19,23-26,35,40,53-54,57,61H,15-18,20,27-32H2,1-4H3,(H,58,62). The van der Waals surface area contributed by atoms with Gasteiger partial charge in [-0.25, -0.2) is 0 Å². The zero-order valence-corrected chi connectivity index (χ0v) is 37.8. The van der Waals surface area contributed by atoms with E-state index in [4.69, 9.17) is 28.9 Å². The molecule has 342 valence electrons. The monoisotopic (exact) mass is 892 g/mol. The average molecular weight is 893 g/mol. The average Bonchev–Trinajstić information content (AvgIpc) is 3.32. The van der Waals surface area contributed by atoms with Crippen LogP contribution in [0.4, 0.5) is 0 Å². The number of aliphatic imine (C=N–C) groups is 1. The van der Waals surface area contributed by atoms with Gasteiger partial charge >= 0.3 is 0 Å². The summed E-state index contributed by atoms with van der Waals surface area (Å²) in [7, 11) is 0. The first-order chi connectivity index (χ1) is 32.1. The SMILES string of the molecule is CC(=O)NCCNCc1ccc(OCc2cccc(-c3cccc(COc4ccc(CNCCNC(C)O)c(OCc5cncc(C#N)c5)n4)c3C)c2C)nc1OCC1C=NC=C(C#N)C1. The Bertz CT molecular complexity index is 2580. The van der Waals surface area contributed by atoms with Crippen LogP contribution in [0.1, 0.15) is 64.8 Å². The number of amides is 1. The fourth-order valence-corrected chi connectivity index (χ4v) is 7.08. The third-order valence-electron chi connectivity index (χ3n) is 10.7. The fourth-order valence-electron chi connectivity index (χ4n) is 7.08. The molecule has 4 heterocycles. The van der Waals surface area contributed by atoms with Crippen LogP contribution >= 0.6 is 0 Å². The minimum atomic E-state index is -0.597. The third kappa shape index (κ3) is 14.4. The summed E-state index contributed by atoms with van der Waals surface area (Å²) in [6.45, 7) is 11.5. The maximum Gasteiger partial charge on any atom is 0.221 e. The van der Waals surface area contributed by atoms with Gasteiger partial charge in [-0.3, -0.25) is 20.1 Å². The third-order valence-corrected chi connectivity index (χ3v) is 10.7. The molecule has 2 unspecified atom stereocenters. The van der Waals surface area contributed by atoms with E-state index in [2.05, 4.69) is 69.4 Å². The van der Waals surface area contributed by atoms with Crippen LogP contribution in [-0.4, -0.2) is 71.2 Å². The van der Waals surface area contributed by atoms with E-state index in [-0.39, 0.29) is 31.6 Å². The molecular weight excluding hydrogens is 837 g/mol. The molecule has 0 radical (unpaired) electrons. The van der Waals surface area contributed by atoms with Crippen LogP contribution in [0.25, 0.3) is 11.1 Å². The van der Waals surface area contributed by atoms with Crippen LogP contribution in [0.2, 0.25) is 0 Å². The number of hydrogen-bond donors (Lipinski definition) is 5. The largest absolute Gasteiger partial charge is 0.477 e. The number of benzene rings is 2. The summed E-state index contributed by atoms with van der Waals surface area (Å²) >= 11 is 0. The maximum atomic E-state index is 11.3. The highest BCUT2D eigenvalue weighted by atomic mass is 16.5. The second kappa shape index (κ2) is 24.7. The highest BCUT2D eigenvalue weighted by Gasteiger charge is 2.18. The highest BCUT2D eigenvalue weighted by molar-refractivity contribution is 5.73. The van der Waals surface area contributed by atoms with Crippen LogP contribution in [-0.2, 0) is 37.7 Å². The molecule has 1 aliphatic heterocycles. The quantitative estimate of drug-likeness (QED) is 0.0361. The minimum Gasteiger partial charge on any atom is -0.477 e. The van der Waals surface area contributed by atoms with Gasteiger partial charge in [0.05, 0.1) is 18.2 Å². The van der Waals surface area contributed by atoms with Gasteiger partial charge in [0.25, 0.3) is 0 Å². The van der Waals surface area contributed by atoms with E-state index in [0.717, 1.165) is 50.1 Å². The molecule has 1 amide bonds. The van der Waals surface area contributed by atoms with Crippen molar-refractivity contribution < 1.29 is 28.8 Å². The molecule has 0 spiro atoms. The Hall–Kier alpha value is -7.21. The van der Waals surface area contributed by atoms with Gasteiger partial charge in [-0.15, -0.1) is 0 Å². The summed E-state index contributed by atoms with van der Waals surface area (Å²) in [6, 6.07) is 25.8. The van der Waals surface area contributed by atoms with E-state index in [1.165, 1.54) is 13.1 Å². The van der Waals surface area contributed by atoms with Gasteiger partial charge in [0.2, 0.25) is 29.4 Å². The summed E-state index contributed by atoms with van der Waals surface area (Å²) in [4.78, 5) is 29.1. The van der Waals surface area contributed by atoms with Crippen LogP contribution < -0.4 is 40.2 Å². The Morgan fingerprint density at radius 1 is 0.773 bits per heavy atom. The second-order valence-electron chi connectivity index (χ2n) is 15.8. The number of nitrogens with one attached hydrogen (secondary N) is 4. The van der Waals surface area contributed by atoms with Crippen molar-refractivity contribution in [3.05, 3.63) is 135 Å². The zero-order chi connectivity index (χ0) is 46.7. The summed E-state index contributed by atoms with van der Waals surface area (Å²) in [5.74, 6) is 1.47. The van der Waals surface area contributed by atoms with Gasteiger partial charge in [-0.1, -0.05) is 36.4 Å². The van der Waals surface area contributed by atoms with E-state index in [0.29, 0.717) is 87.0 Å². The molecule has 0 fully saturated rings. The Labute approximate surface area is 385 Å². The number of aliphatic hydroxyl groups is 1. The van der Waals surface area contributed by atoms with Gasteiger partial charge in [-0.05, 0) is 78.8 Å². The summed E-state index contributed by atoms with van der Waals surface area (Å²) in [5.41, 5.74) is 9.70. The lowest BCUT2D eigenvalue weighted by Gasteiger charge is -2.18. The normalized spacial score (nSPS) is 13.5. The molecule has 0 aliphatic carbocycles. The number of aromatic nitrogens is 3. The number of aliphatic hydroxyl groups excluding tert-OH is 1. The van der Waals surface area contributed by atoms with Gasteiger partial charge in [0.1, 0.15) is 32.1 Å². The molecule has 16 nitrogen and oxygen atoms in total. The van der Waals surface area contributed by atoms with Gasteiger partial charge in [-0.2, -0.15) is 20.5 Å². The lowest BCUT2D eigenvalue weighted by atomic mass is 9.92. The Balaban J connectivity index is 1.13. The molecule has 16 heteroatoms. The number of pyridine rings is 3. The molecule has 2 atom stereocenters. The smallest absolute Gasteiger partial charge is 0.221 e. The number of rotatable bonds is 24. The number of hydrogen-bond acceptors (Lipinski definition) is 15. The van der Waals surface area contributed by atoms with E-state index in [1.54, 1.807) is 31.6 Å². The molecule has 0 bridgehead atoms. The second-order valence-corrected chi connectivity index (χ2v) is 15.8. The molecule has 0 saturated carbocycles. The molecular formula is C50H56N10O6. The van der Waals surface area contributed by atoms with E-state index in [9.17, 15) is 20.4 Å². The van der Waals surface area contributed by atoms with Crippen molar-refractivity contribution in [1.82, 2.24) is 36.2 Å². The lowest BCUT2D eigenvalue weighted by molar-refractivity contribution is -0.118. The molecule has 2 aromatic carbocycles. The number of nitriles is 2. The Morgan fingerprint density at radius 2 is 1.39 bits per heavy atom. The number of allylic oxidation sites excluding steroid dienone is 1. The molecule has 1 aliphatic rings. The van der Waals surface area contributed by atoms with Gasteiger partial charge < -0.3 is 40.0 Å². The lowest BCUT2D eigenvalue weighted by Crippen LogP contribution is -2.32. The Kier molecular flexibility index (Phi) is 18.1. The van der Waals surface area contributed by atoms with Crippen molar-refractivity contribution in [1.29, 1.82) is 10.5 Å². The van der Waals surface area contributed by atoms with Crippen molar-refractivity contribution in [3.8, 4) is 46.8 Å². The zero-order valence-electron chi connectivity index (χ0n) is 37.8. The van der Waals surface area contributed by atoms with E-state index < -0.39 is 6.23 Å². The predicted molar refractivity (Wildman–Crippen MR) is 249 cm³/mol. The molecule has 0 saturated heterocycles. The molecule has 5 aromatic rings. The maximum absolute atomic E-state index is 11.3. The van der Waals surface area contributed by atoms with Crippen LogP contribution in [0.15, 0.2) is 95.9 Å². The first-order valence-electron chi connectivity index (χ1n) is 21.8. The first kappa shape index (κ1) is 48.3. The topological polar surface area (TPSA) is 221 Å². The van der Waals surface area contributed by atoms with Crippen LogP contribution in [0.5, 0.6) is 23.5 Å². The van der Waals surface area contributed by atoms with Crippen LogP contribution in [0.3, 0.4) is 0 Å². The summed E-state index contributed by atoms with van der Waals surface area (Å²) in [5, 5.41) is 40.7. The Morgan fingerprint density at radius 3 is 1.98 bits per heavy atom. The van der Waals surface area contributed by atoms with Gasteiger partial charge in [0.15, 0.2) is 0 Å². The molecule has 5 N–H and O–H groups in total. The number of ether oxygens (including phenoxy) is 4. The van der Waals surface area contributed by atoms with E-state index in [1.807, 2.05) is 48.5 Å². The van der Waals surface area contributed by atoms with Crippen molar-refractivity contribution >= 4 is 12.1 Å². The number of nitrogens with zero attached hydrogens (tertiary/aromatic N) is 6. The molecule has 66 heavy (non-hydrogen) atoms. The fraction of sp³-hybridized carbons (Fsp3) is 0.340. The van der Waals surface area contributed by atoms with Gasteiger partial charge in [0, 0.05) is 111 Å². The van der Waals surface area contributed by atoms with Crippen molar-refractivity contribution in [2.45, 2.75) is 73.3 Å². The van der Waals surface area contributed by atoms with Crippen molar-refractivity contribution in [2.75, 3.05) is 32.8 Å². The number of carbonyl (C=O) groups is 1. The summed E-state index contributed by atoms with van der Waals surface area (Å²) < 4.78 is 25.0. The first-order valence-corrected chi connectivity index (χ1v) is 21.8. The molecule has 3 aromatic heterocycles. The minimum absolute atomic E-state index is 0.0697.